The monoisotopic (exact) mass is 610 g/mol. The van der Waals surface area contributed by atoms with Gasteiger partial charge >= 0.3 is 12.0 Å². The van der Waals surface area contributed by atoms with E-state index in [9.17, 15) is 24.3 Å². The minimum Gasteiger partial charge on any atom is -0.490 e. The summed E-state index contributed by atoms with van der Waals surface area (Å²) in [5.41, 5.74) is 4.03. The van der Waals surface area contributed by atoms with Crippen LogP contribution in [0.3, 0.4) is 0 Å². The number of nitrogens with zero attached hydrogens (tertiary/aromatic N) is 2. The third-order valence-corrected chi connectivity index (χ3v) is 6.62. The molecule has 2 aliphatic heterocycles. The summed E-state index contributed by atoms with van der Waals surface area (Å²) in [5.74, 6) is -2.57. The van der Waals surface area contributed by atoms with Crippen LogP contribution in [-0.2, 0) is 19.1 Å². The molecule has 2 aromatic carbocycles. The van der Waals surface area contributed by atoms with E-state index in [2.05, 4.69) is 26.5 Å². The Bertz CT molecular complexity index is 1480. The van der Waals surface area contributed by atoms with E-state index < -0.39 is 42.0 Å². The van der Waals surface area contributed by atoms with Gasteiger partial charge in [-0.3, -0.25) is 19.9 Å². The number of amides is 4. The summed E-state index contributed by atoms with van der Waals surface area (Å²) >= 11 is 5.16. The van der Waals surface area contributed by atoms with Gasteiger partial charge in [0.15, 0.2) is 28.8 Å². The molecule has 14 nitrogen and oxygen atoms in total. The Hall–Kier alpha value is -5.02. The number of thiocarbonyl (C=S) groups is 1. The number of urea groups is 1. The second-order valence-corrected chi connectivity index (χ2v) is 9.60. The van der Waals surface area contributed by atoms with Crippen molar-refractivity contribution < 1.29 is 38.5 Å². The molecule has 1 fully saturated rings. The lowest BCUT2D eigenvalue weighted by atomic mass is 9.95. The van der Waals surface area contributed by atoms with Gasteiger partial charge in [-0.05, 0) is 55.9 Å². The zero-order chi connectivity index (χ0) is 31.1. The highest BCUT2D eigenvalue weighted by Crippen LogP contribution is 2.35. The highest BCUT2D eigenvalue weighted by Gasteiger charge is 2.38. The van der Waals surface area contributed by atoms with Crippen LogP contribution in [0.15, 0.2) is 64.9 Å². The van der Waals surface area contributed by atoms with Gasteiger partial charge in [0.05, 0.1) is 31.0 Å². The van der Waals surface area contributed by atoms with Crippen molar-refractivity contribution >= 4 is 53.0 Å². The Morgan fingerprint density at radius 1 is 1.14 bits per heavy atom. The predicted octanol–water partition coefficient (Wildman–Crippen LogP) is 1.22. The van der Waals surface area contributed by atoms with Gasteiger partial charge in [-0.25, -0.2) is 9.59 Å². The molecule has 0 radical (unpaired) electrons. The molecule has 43 heavy (non-hydrogen) atoms. The van der Waals surface area contributed by atoms with Gasteiger partial charge in [0.25, 0.3) is 5.91 Å². The Labute approximate surface area is 252 Å². The number of benzene rings is 2. The number of ether oxygens (including phenoxy) is 3. The summed E-state index contributed by atoms with van der Waals surface area (Å²) in [4.78, 5) is 51.1. The lowest BCUT2D eigenvalue weighted by molar-refractivity contribution is -0.136. The van der Waals surface area contributed by atoms with Crippen LogP contribution < -0.4 is 35.7 Å². The van der Waals surface area contributed by atoms with Gasteiger partial charge in [-0.2, -0.15) is 5.10 Å². The number of para-hydroxylation sites is 1. The molecule has 1 saturated heterocycles. The smallest absolute Gasteiger partial charge is 0.337 e. The van der Waals surface area contributed by atoms with Crippen molar-refractivity contribution in [2.45, 2.75) is 26.1 Å². The van der Waals surface area contributed by atoms with Gasteiger partial charge in [0, 0.05) is 11.9 Å². The molecule has 2 aromatic rings. The number of aliphatic hydroxyl groups excluding tert-OH is 1. The van der Waals surface area contributed by atoms with Crippen LogP contribution in [0.25, 0.3) is 0 Å². The van der Waals surface area contributed by atoms with Crippen LogP contribution in [0.5, 0.6) is 11.5 Å². The van der Waals surface area contributed by atoms with Crippen LogP contribution in [0.2, 0.25) is 0 Å². The third-order valence-electron chi connectivity index (χ3n) is 6.34. The summed E-state index contributed by atoms with van der Waals surface area (Å²) in [6.45, 7) is 3.36. The van der Waals surface area contributed by atoms with E-state index in [1.807, 2.05) is 0 Å². The molecule has 0 aromatic heterocycles. The molecule has 4 amide bonds. The van der Waals surface area contributed by atoms with Crippen molar-refractivity contribution in [2.75, 3.05) is 25.2 Å². The molecule has 2 heterocycles. The highest BCUT2D eigenvalue weighted by atomic mass is 32.1. The van der Waals surface area contributed by atoms with E-state index in [1.165, 1.54) is 12.0 Å². The van der Waals surface area contributed by atoms with Crippen LogP contribution in [0, 0.1) is 5.92 Å². The molecule has 2 aliphatic rings. The molecule has 0 bridgehead atoms. The lowest BCUT2D eigenvalue weighted by Gasteiger charge is -2.30. The summed E-state index contributed by atoms with van der Waals surface area (Å²) in [5, 5.41) is 21.9. The SMILES string of the molecule is CCOc1cc([C@@H]2NC(=O)NC(C)=C2C(=O)OC)ccc1OC[C@@H](O)N/N=C\[C@@H]1C(=O)NC(=S)N(c2ccccc2)C1=O. The molecule has 0 aliphatic carbocycles. The van der Waals surface area contributed by atoms with E-state index in [0.29, 0.717) is 22.7 Å². The first-order chi connectivity index (χ1) is 20.6. The van der Waals surface area contributed by atoms with Gasteiger partial charge in [-0.1, -0.05) is 24.3 Å². The number of nitrogens with one attached hydrogen (secondary N) is 4. The standard InChI is InChI=1S/C28H30N6O8S/c1-4-41-20-12-16(23-22(26(38)40-3)15(2)30-27(39)31-23)10-11-19(20)42-14-21(35)33-29-13-18-24(36)32-28(43)34(25(18)37)17-8-6-5-7-9-17/h5-13,18,21,23,33,35H,4,14H2,1-3H3,(H2,30,31,39)(H,32,36,43)/b29-13-/t18-,21-,23+/m1/s1. The van der Waals surface area contributed by atoms with Crippen LogP contribution in [-0.4, -0.2) is 66.8 Å². The molecule has 4 rings (SSSR count). The molecule has 5 N–H and O–H groups in total. The number of methoxy groups -OCH3 is 1. The summed E-state index contributed by atoms with van der Waals surface area (Å²) < 4.78 is 16.3. The number of esters is 1. The van der Waals surface area contributed by atoms with Crippen molar-refractivity contribution in [2.24, 2.45) is 11.0 Å². The van der Waals surface area contributed by atoms with E-state index in [0.717, 1.165) is 6.21 Å². The average molecular weight is 611 g/mol. The second kappa shape index (κ2) is 13.8. The summed E-state index contributed by atoms with van der Waals surface area (Å²) in [6, 6.07) is 12.1. The highest BCUT2D eigenvalue weighted by molar-refractivity contribution is 7.80. The lowest BCUT2D eigenvalue weighted by Crippen LogP contribution is -2.58. The number of rotatable bonds is 11. The first-order valence-corrected chi connectivity index (χ1v) is 13.5. The normalized spacial score (nSPS) is 19.4. The number of hydrogen-bond acceptors (Lipinski definition) is 11. The molecule has 0 unspecified atom stereocenters. The maximum absolute atomic E-state index is 13.0. The largest absolute Gasteiger partial charge is 0.490 e. The maximum Gasteiger partial charge on any atom is 0.337 e. The van der Waals surface area contributed by atoms with E-state index in [4.69, 9.17) is 26.4 Å². The van der Waals surface area contributed by atoms with Crippen LogP contribution in [0.1, 0.15) is 25.5 Å². The Balaban J connectivity index is 1.41. The number of allylic oxidation sites excluding steroid dienone is 1. The van der Waals surface area contributed by atoms with Crippen LogP contribution >= 0.6 is 12.2 Å². The van der Waals surface area contributed by atoms with Gasteiger partial charge < -0.3 is 35.3 Å². The Morgan fingerprint density at radius 2 is 1.88 bits per heavy atom. The Morgan fingerprint density at radius 3 is 2.58 bits per heavy atom. The average Bonchev–Trinajstić information content (AvgIpc) is 2.98. The van der Waals surface area contributed by atoms with Crippen molar-refractivity contribution in [1.82, 2.24) is 21.4 Å². The number of aliphatic hydroxyl groups is 1. The first kappa shape index (κ1) is 30.9. The molecular formula is C28H30N6O8S. The minimum atomic E-state index is -1.33. The quantitative estimate of drug-likeness (QED) is 0.0620. The fraction of sp³-hybridized carbons (Fsp3) is 0.286. The molecule has 15 heteroatoms. The van der Waals surface area contributed by atoms with Gasteiger partial charge in [0.1, 0.15) is 6.61 Å². The molecule has 0 saturated carbocycles. The fourth-order valence-electron chi connectivity index (χ4n) is 4.37. The second-order valence-electron chi connectivity index (χ2n) is 9.22. The first-order valence-electron chi connectivity index (χ1n) is 13.1. The number of carbonyl (C=O) groups is 4. The Kier molecular flexibility index (Phi) is 9.90. The zero-order valence-corrected chi connectivity index (χ0v) is 24.3. The summed E-state index contributed by atoms with van der Waals surface area (Å²) in [7, 11) is 1.25. The van der Waals surface area contributed by atoms with Gasteiger partial charge in [0.2, 0.25) is 5.91 Å². The number of hydrogen-bond donors (Lipinski definition) is 5. The third kappa shape index (κ3) is 7.07. The van der Waals surface area contributed by atoms with E-state index in [1.54, 1.807) is 62.4 Å². The van der Waals surface area contributed by atoms with Crippen molar-refractivity contribution in [1.29, 1.82) is 0 Å². The fourth-order valence-corrected chi connectivity index (χ4v) is 4.67. The minimum absolute atomic E-state index is 0.0430. The maximum atomic E-state index is 13.0. The van der Waals surface area contributed by atoms with Crippen molar-refractivity contribution in [3.8, 4) is 11.5 Å². The number of hydrazone groups is 1. The molecule has 3 atom stereocenters. The van der Waals surface area contributed by atoms with Crippen molar-refractivity contribution in [3.63, 3.8) is 0 Å². The summed E-state index contributed by atoms with van der Waals surface area (Å²) in [6.07, 6.45) is -0.264. The molecular weight excluding hydrogens is 580 g/mol. The van der Waals surface area contributed by atoms with Crippen molar-refractivity contribution in [3.05, 3.63) is 65.4 Å². The number of anilines is 1. The molecule has 0 spiro atoms. The molecule has 226 valence electrons. The predicted molar refractivity (Wildman–Crippen MR) is 158 cm³/mol. The topological polar surface area (TPSA) is 180 Å². The number of carbonyl (C=O) groups excluding carboxylic acids is 4. The zero-order valence-electron chi connectivity index (χ0n) is 23.5. The van der Waals surface area contributed by atoms with E-state index >= 15 is 0 Å². The van der Waals surface area contributed by atoms with Crippen LogP contribution in [0.4, 0.5) is 10.5 Å². The van der Waals surface area contributed by atoms with Gasteiger partial charge in [-0.15, -0.1) is 0 Å². The van der Waals surface area contributed by atoms with E-state index in [-0.39, 0.29) is 29.6 Å².